The second kappa shape index (κ2) is 6.69. The maximum atomic E-state index is 6.45. The number of likely N-dealkylation sites (tertiary alicyclic amines) is 1. The molecule has 0 unspecified atom stereocenters. The zero-order chi connectivity index (χ0) is 18.6. The molecule has 5 fully saturated rings. The summed E-state index contributed by atoms with van der Waals surface area (Å²) in [5, 5.41) is 3.38. The number of nitrogens with zero attached hydrogens (tertiary/aromatic N) is 1. The number of nitrogens with one attached hydrogen (secondary N) is 1. The Kier molecular flexibility index (Phi) is 4.23. The lowest BCUT2D eigenvalue weighted by atomic mass is 9.65. The molecule has 0 amide bonds. The van der Waals surface area contributed by atoms with Gasteiger partial charge < -0.3 is 19.5 Å². The molecule has 6 rings (SSSR count). The first kappa shape index (κ1) is 17.7. The average Bonchev–Trinajstić information content (AvgIpc) is 3.10. The van der Waals surface area contributed by atoms with Crippen LogP contribution in [0.3, 0.4) is 0 Å². The van der Waals surface area contributed by atoms with Gasteiger partial charge in [-0.2, -0.15) is 0 Å². The quantitative estimate of drug-likeness (QED) is 0.864. The summed E-state index contributed by atoms with van der Waals surface area (Å²) >= 11 is 0. The van der Waals surface area contributed by atoms with E-state index in [1.165, 1.54) is 37.9 Å². The van der Waals surface area contributed by atoms with Gasteiger partial charge in [-0.15, -0.1) is 0 Å². The molecule has 1 atom stereocenters. The van der Waals surface area contributed by atoms with E-state index in [0.717, 1.165) is 51.5 Å². The molecule has 1 saturated carbocycles. The van der Waals surface area contributed by atoms with Crippen LogP contribution in [0, 0.1) is 5.41 Å². The highest BCUT2D eigenvalue weighted by Crippen LogP contribution is 2.49. The fourth-order valence-electron chi connectivity index (χ4n) is 6.00. The fraction of sp³-hybridized carbons (Fsp3) is 0.739. The van der Waals surface area contributed by atoms with E-state index in [2.05, 4.69) is 34.5 Å². The summed E-state index contributed by atoms with van der Waals surface area (Å²) in [5.41, 5.74) is 2.05. The van der Waals surface area contributed by atoms with Crippen molar-refractivity contribution in [2.75, 3.05) is 46.0 Å². The molecule has 5 heteroatoms. The largest absolute Gasteiger partial charge is 0.490 e. The van der Waals surface area contributed by atoms with Gasteiger partial charge in [-0.05, 0) is 62.7 Å². The molecule has 5 aliphatic rings. The molecule has 4 heterocycles. The Balaban J connectivity index is 1.06. The van der Waals surface area contributed by atoms with Crippen LogP contribution in [0.4, 0.5) is 0 Å². The molecule has 0 radical (unpaired) electrons. The van der Waals surface area contributed by atoms with Crippen molar-refractivity contribution in [2.45, 2.75) is 55.8 Å². The van der Waals surface area contributed by atoms with Crippen LogP contribution >= 0.6 is 0 Å². The Morgan fingerprint density at radius 2 is 1.82 bits per heavy atom. The van der Waals surface area contributed by atoms with Crippen molar-refractivity contribution in [3.8, 4) is 5.75 Å². The van der Waals surface area contributed by atoms with Crippen LogP contribution in [-0.2, 0) is 9.47 Å². The Morgan fingerprint density at radius 1 is 1.04 bits per heavy atom. The molecule has 0 aromatic heterocycles. The van der Waals surface area contributed by atoms with Gasteiger partial charge in [0, 0.05) is 24.5 Å². The zero-order valence-electron chi connectivity index (χ0n) is 16.7. The van der Waals surface area contributed by atoms with E-state index in [-0.39, 0.29) is 5.60 Å². The van der Waals surface area contributed by atoms with Gasteiger partial charge in [-0.1, -0.05) is 18.2 Å². The van der Waals surface area contributed by atoms with Crippen molar-refractivity contribution < 1.29 is 14.2 Å². The van der Waals surface area contributed by atoms with E-state index in [1.54, 1.807) is 0 Å². The molecule has 2 spiro atoms. The number of benzene rings is 1. The summed E-state index contributed by atoms with van der Waals surface area (Å²) in [7, 11) is 0. The van der Waals surface area contributed by atoms with Crippen molar-refractivity contribution >= 4 is 0 Å². The van der Waals surface area contributed by atoms with E-state index in [4.69, 9.17) is 14.2 Å². The van der Waals surface area contributed by atoms with Gasteiger partial charge in [0.1, 0.15) is 11.9 Å². The molecular formula is C23H32N2O3. The lowest BCUT2D eigenvalue weighted by Crippen LogP contribution is -2.59. The summed E-state index contributed by atoms with van der Waals surface area (Å²) in [6, 6.07) is 9.39. The number of hydrogen-bond acceptors (Lipinski definition) is 5. The number of piperidine rings is 1. The van der Waals surface area contributed by atoms with Crippen LogP contribution in [0.5, 0.6) is 5.75 Å². The molecule has 1 aromatic rings. The van der Waals surface area contributed by atoms with E-state index in [9.17, 15) is 0 Å². The molecule has 4 saturated heterocycles. The number of rotatable bonds is 4. The highest BCUT2D eigenvalue weighted by atomic mass is 16.5. The minimum absolute atomic E-state index is 0.160. The molecule has 1 aliphatic carbocycles. The van der Waals surface area contributed by atoms with Crippen molar-refractivity contribution in [3.63, 3.8) is 0 Å². The van der Waals surface area contributed by atoms with Crippen LogP contribution in [0.25, 0.3) is 0 Å². The van der Waals surface area contributed by atoms with Gasteiger partial charge in [0.25, 0.3) is 0 Å². The van der Waals surface area contributed by atoms with Crippen molar-refractivity contribution in [1.29, 1.82) is 0 Å². The monoisotopic (exact) mass is 384 g/mol. The van der Waals surface area contributed by atoms with Crippen molar-refractivity contribution in [3.05, 3.63) is 29.8 Å². The third-order valence-electron chi connectivity index (χ3n) is 7.92. The highest BCUT2D eigenvalue weighted by molar-refractivity contribution is 5.37. The molecule has 5 nitrogen and oxygen atoms in total. The van der Waals surface area contributed by atoms with Gasteiger partial charge in [0.15, 0.2) is 0 Å². The van der Waals surface area contributed by atoms with E-state index in [1.807, 2.05) is 0 Å². The van der Waals surface area contributed by atoms with Crippen LogP contribution in [-0.4, -0.2) is 68.6 Å². The second-order valence-electron chi connectivity index (χ2n) is 9.94. The SMILES string of the molecule is c1ccc(C2CCN([C@@H]3COC4(CNC4)C3)CC2)c(OC2CC3(COC3)C2)c1. The smallest absolute Gasteiger partial charge is 0.123 e. The second-order valence-corrected chi connectivity index (χ2v) is 9.94. The third-order valence-corrected chi connectivity index (χ3v) is 7.92. The van der Waals surface area contributed by atoms with Gasteiger partial charge >= 0.3 is 0 Å². The van der Waals surface area contributed by atoms with Crippen LogP contribution in [0.2, 0.25) is 0 Å². The lowest BCUT2D eigenvalue weighted by Gasteiger charge is -2.52. The topological polar surface area (TPSA) is 43.0 Å². The Hall–Kier alpha value is -1.14. The predicted octanol–water partition coefficient (Wildman–Crippen LogP) is 2.55. The normalized spacial score (nSPS) is 32.1. The molecule has 0 bridgehead atoms. The van der Waals surface area contributed by atoms with Gasteiger partial charge in [0.2, 0.25) is 0 Å². The lowest BCUT2D eigenvalue weighted by molar-refractivity contribution is -0.191. The average molecular weight is 385 g/mol. The summed E-state index contributed by atoms with van der Waals surface area (Å²) in [6.07, 6.45) is 6.37. The summed E-state index contributed by atoms with van der Waals surface area (Å²) < 4.78 is 18.0. The highest BCUT2D eigenvalue weighted by Gasteiger charge is 2.51. The molecular weight excluding hydrogens is 352 g/mol. The first-order valence-corrected chi connectivity index (χ1v) is 11.1. The number of para-hydroxylation sites is 1. The van der Waals surface area contributed by atoms with E-state index < -0.39 is 0 Å². The van der Waals surface area contributed by atoms with Crippen LogP contribution in [0.15, 0.2) is 24.3 Å². The first-order valence-electron chi connectivity index (χ1n) is 11.1. The maximum Gasteiger partial charge on any atom is 0.123 e. The minimum atomic E-state index is 0.160. The number of ether oxygens (including phenoxy) is 3. The van der Waals surface area contributed by atoms with E-state index >= 15 is 0 Å². The van der Waals surface area contributed by atoms with Gasteiger partial charge in [-0.3, -0.25) is 4.90 Å². The van der Waals surface area contributed by atoms with Crippen molar-refractivity contribution in [1.82, 2.24) is 10.2 Å². The summed E-state index contributed by atoms with van der Waals surface area (Å²) in [4.78, 5) is 2.68. The molecule has 4 aliphatic heterocycles. The summed E-state index contributed by atoms with van der Waals surface area (Å²) in [5.74, 6) is 1.75. The van der Waals surface area contributed by atoms with Gasteiger partial charge in [-0.25, -0.2) is 0 Å². The van der Waals surface area contributed by atoms with Gasteiger partial charge in [0.05, 0.1) is 25.4 Å². The van der Waals surface area contributed by atoms with E-state index in [0.29, 0.717) is 23.5 Å². The van der Waals surface area contributed by atoms with Crippen LogP contribution in [0.1, 0.15) is 43.6 Å². The molecule has 1 N–H and O–H groups in total. The third kappa shape index (κ3) is 2.98. The molecule has 152 valence electrons. The van der Waals surface area contributed by atoms with Crippen molar-refractivity contribution in [2.24, 2.45) is 5.41 Å². The Morgan fingerprint density at radius 3 is 2.46 bits per heavy atom. The fourth-order valence-corrected chi connectivity index (χ4v) is 6.00. The Labute approximate surface area is 167 Å². The molecule has 1 aromatic carbocycles. The zero-order valence-corrected chi connectivity index (χ0v) is 16.7. The number of hydrogen-bond donors (Lipinski definition) is 1. The Bertz CT molecular complexity index is 714. The minimum Gasteiger partial charge on any atom is -0.490 e. The summed E-state index contributed by atoms with van der Waals surface area (Å²) in [6.45, 7) is 7.24. The molecule has 28 heavy (non-hydrogen) atoms. The predicted molar refractivity (Wildman–Crippen MR) is 107 cm³/mol. The first-order chi connectivity index (χ1) is 13.7. The maximum absolute atomic E-state index is 6.45. The van der Waals surface area contributed by atoms with Crippen LogP contribution < -0.4 is 10.1 Å². The standard InChI is InChI=1S/C23H32N2O3/c1-2-4-21(28-19-10-22(11-19)15-26-16-22)20(3-1)17-5-7-25(8-6-17)18-9-23(27-12-18)13-24-14-23/h1-4,17-19,24H,5-16H2/t18-/m0/s1.